The molecule has 0 radical (unpaired) electrons. The van der Waals surface area contributed by atoms with E-state index in [4.69, 9.17) is 0 Å². The van der Waals surface area contributed by atoms with Gasteiger partial charge in [0.15, 0.2) is 5.16 Å². The van der Waals surface area contributed by atoms with Crippen LogP contribution < -0.4 is 10.9 Å². The standard InChI is InChI=1S/C18H26N4O2S/c1-4-5-6-9-12-22-16-11-8-7-10-15(16)19-18(22)25-13(2)17(24)21-20-14(3)23/h7-8,10-11,13H,4-6,9,12H2,1-3H3,(H,20,23)(H,21,24)/t13-/m1/s1. The van der Waals surface area contributed by atoms with Gasteiger partial charge in [-0.25, -0.2) is 4.98 Å². The molecule has 0 aliphatic carbocycles. The number of hydrogen-bond donors (Lipinski definition) is 2. The van der Waals surface area contributed by atoms with Crippen molar-refractivity contribution < 1.29 is 9.59 Å². The molecule has 0 aliphatic heterocycles. The first-order chi connectivity index (χ1) is 12.0. The van der Waals surface area contributed by atoms with Crippen molar-refractivity contribution in [1.82, 2.24) is 20.4 Å². The number of amides is 2. The molecule has 25 heavy (non-hydrogen) atoms. The topological polar surface area (TPSA) is 76.0 Å². The quantitative estimate of drug-likeness (QED) is 0.429. The number of rotatable bonds is 8. The van der Waals surface area contributed by atoms with Crippen molar-refractivity contribution in [2.45, 2.75) is 63.4 Å². The number of benzene rings is 1. The van der Waals surface area contributed by atoms with Crippen LogP contribution in [0.1, 0.15) is 46.5 Å². The number of nitrogens with one attached hydrogen (secondary N) is 2. The van der Waals surface area contributed by atoms with Crippen molar-refractivity contribution in [2.24, 2.45) is 0 Å². The van der Waals surface area contributed by atoms with Crippen molar-refractivity contribution in [1.29, 1.82) is 0 Å². The van der Waals surface area contributed by atoms with Crippen molar-refractivity contribution in [3.05, 3.63) is 24.3 Å². The van der Waals surface area contributed by atoms with Crippen molar-refractivity contribution >= 4 is 34.6 Å². The van der Waals surface area contributed by atoms with Gasteiger partial charge in [-0.3, -0.25) is 20.4 Å². The van der Waals surface area contributed by atoms with Gasteiger partial charge in [-0.1, -0.05) is 50.1 Å². The number of nitrogens with zero attached hydrogens (tertiary/aromatic N) is 2. The molecule has 1 aromatic carbocycles. The molecule has 0 fully saturated rings. The van der Waals surface area contributed by atoms with Gasteiger partial charge in [-0.15, -0.1) is 0 Å². The fourth-order valence-corrected chi connectivity index (χ4v) is 3.47. The summed E-state index contributed by atoms with van der Waals surface area (Å²) in [5, 5.41) is 0.473. The second kappa shape index (κ2) is 9.46. The van der Waals surface area contributed by atoms with E-state index in [-0.39, 0.29) is 17.1 Å². The summed E-state index contributed by atoms with van der Waals surface area (Å²) in [5.74, 6) is -0.543. The fourth-order valence-electron chi connectivity index (χ4n) is 2.52. The van der Waals surface area contributed by atoms with Gasteiger partial charge in [0.25, 0.3) is 5.91 Å². The van der Waals surface area contributed by atoms with Crippen LogP contribution in [0.3, 0.4) is 0 Å². The Balaban J connectivity index is 2.12. The molecule has 2 amide bonds. The van der Waals surface area contributed by atoms with Crippen LogP contribution in [0.25, 0.3) is 11.0 Å². The number of carbonyl (C=O) groups is 2. The van der Waals surface area contributed by atoms with Crippen molar-refractivity contribution in [2.75, 3.05) is 0 Å². The van der Waals surface area contributed by atoms with E-state index in [1.54, 1.807) is 0 Å². The molecule has 6 nitrogen and oxygen atoms in total. The van der Waals surface area contributed by atoms with Gasteiger partial charge in [-0.2, -0.15) is 0 Å². The minimum absolute atomic E-state index is 0.246. The maximum absolute atomic E-state index is 12.1. The van der Waals surface area contributed by atoms with Crippen LogP contribution in [0.5, 0.6) is 0 Å². The molecule has 7 heteroatoms. The Hall–Kier alpha value is -2.02. The highest BCUT2D eigenvalue weighted by atomic mass is 32.2. The molecule has 0 saturated heterocycles. The van der Waals surface area contributed by atoms with Crippen LogP contribution in [0.4, 0.5) is 0 Å². The van der Waals surface area contributed by atoms with E-state index in [0.29, 0.717) is 0 Å². The highest BCUT2D eigenvalue weighted by Crippen LogP contribution is 2.27. The molecular weight excluding hydrogens is 336 g/mol. The Morgan fingerprint density at radius 2 is 1.96 bits per heavy atom. The molecule has 2 aromatic rings. The predicted molar refractivity (Wildman–Crippen MR) is 101 cm³/mol. The Morgan fingerprint density at radius 1 is 1.20 bits per heavy atom. The van der Waals surface area contributed by atoms with Crippen molar-refractivity contribution in [3.63, 3.8) is 0 Å². The normalized spacial score (nSPS) is 12.1. The highest BCUT2D eigenvalue weighted by Gasteiger charge is 2.19. The molecule has 0 spiro atoms. The lowest BCUT2D eigenvalue weighted by Gasteiger charge is -2.13. The first-order valence-corrected chi connectivity index (χ1v) is 9.59. The number of fused-ring (bicyclic) bond motifs is 1. The number of hydrogen-bond acceptors (Lipinski definition) is 4. The molecule has 1 aromatic heterocycles. The molecule has 0 unspecified atom stereocenters. The van der Waals surface area contributed by atoms with Crippen LogP contribution >= 0.6 is 11.8 Å². The summed E-state index contributed by atoms with van der Waals surface area (Å²) in [5.41, 5.74) is 6.77. The summed E-state index contributed by atoms with van der Waals surface area (Å²) >= 11 is 1.41. The smallest absolute Gasteiger partial charge is 0.251 e. The maximum atomic E-state index is 12.1. The van der Waals surface area contributed by atoms with Gasteiger partial charge < -0.3 is 4.57 Å². The van der Waals surface area contributed by atoms with Gasteiger partial charge in [0.1, 0.15) is 0 Å². The highest BCUT2D eigenvalue weighted by molar-refractivity contribution is 8.00. The zero-order chi connectivity index (χ0) is 18.2. The van der Waals surface area contributed by atoms with Crippen LogP contribution in [0.15, 0.2) is 29.4 Å². The summed E-state index contributed by atoms with van der Waals surface area (Å²) in [4.78, 5) is 27.7. The maximum Gasteiger partial charge on any atom is 0.251 e. The minimum Gasteiger partial charge on any atom is -0.319 e. The van der Waals surface area contributed by atoms with E-state index < -0.39 is 0 Å². The lowest BCUT2D eigenvalue weighted by molar-refractivity contribution is -0.127. The van der Waals surface area contributed by atoms with Gasteiger partial charge in [0.05, 0.1) is 16.3 Å². The SMILES string of the molecule is CCCCCCn1c(S[C@H](C)C(=O)NNC(C)=O)nc2ccccc21. The molecule has 0 saturated carbocycles. The van der Waals surface area contributed by atoms with Gasteiger partial charge in [-0.05, 0) is 25.5 Å². The molecule has 2 N–H and O–H groups in total. The Labute approximate surface area is 152 Å². The summed E-state index contributed by atoms with van der Waals surface area (Å²) in [6, 6.07) is 8.03. The minimum atomic E-state index is -0.363. The lowest BCUT2D eigenvalue weighted by atomic mass is 10.2. The molecule has 1 atom stereocenters. The Morgan fingerprint density at radius 3 is 2.68 bits per heavy atom. The summed E-state index contributed by atoms with van der Waals surface area (Å²) in [6.45, 7) is 6.25. The number of para-hydroxylation sites is 2. The molecule has 1 heterocycles. The van der Waals surface area contributed by atoms with Crippen LogP contribution in [0, 0.1) is 0 Å². The lowest BCUT2D eigenvalue weighted by Crippen LogP contribution is -2.43. The second-order valence-corrected chi connectivity index (χ2v) is 7.33. The Kier molecular flexibility index (Phi) is 7.31. The molecule has 2 rings (SSSR count). The average molecular weight is 362 g/mol. The first kappa shape index (κ1) is 19.3. The van der Waals surface area contributed by atoms with E-state index >= 15 is 0 Å². The number of aromatic nitrogens is 2. The summed E-state index contributed by atoms with van der Waals surface area (Å²) in [7, 11) is 0. The van der Waals surface area contributed by atoms with Gasteiger partial charge in [0.2, 0.25) is 5.91 Å². The third kappa shape index (κ3) is 5.49. The number of carbonyl (C=O) groups excluding carboxylic acids is 2. The third-order valence-electron chi connectivity index (χ3n) is 3.87. The van der Waals surface area contributed by atoms with Crippen LogP contribution in [0.2, 0.25) is 0 Å². The largest absolute Gasteiger partial charge is 0.319 e. The van der Waals surface area contributed by atoms with E-state index in [1.165, 1.54) is 37.9 Å². The molecule has 0 aliphatic rings. The molecule has 0 bridgehead atoms. The average Bonchev–Trinajstić information content (AvgIpc) is 2.93. The Bertz CT molecular complexity index is 729. The van der Waals surface area contributed by atoms with E-state index in [2.05, 4.69) is 33.4 Å². The zero-order valence-electron chi connectivity index (χ0n) is 15.0. The summed E-state index contributed by atoms with van der Waals surface area (Å²) < 4.78 is 2.19. The summed E-state index contributed by atoms with van der Waals surface area (Å²) in [6.07, 6.45) is 4.71. The first-order valence-electron chi connectivity index (χ1n) is 8.71. The van der Waals surface area contributed by atoms with Crippen LogP contribution in [-0.2, 0) is 16.1 Å². The fraction of sp³-hybridized carbons (Fsp3) is 0.500. The number of thioether (sulfide) groups is 1. The van der Waals surface area contributed by atoms with Gasteiger partial charge >= 0.3 is 0 Å². The zero-order valence-corrected chi connectivity index (χ0v) is 15.9. The number of unbranched alkanes of at least 4 members (excludes halogenated alkanes) is 3. The molecular formula is C18H26N4O2S. The number of hydrazine groups is 1. The second-order valence-electron chi connectivity index (χ2n) is 6.03. The number of aryl methyl sites for hydroxylation is 1. The van der Waals surface area contributed by atoms with E-state index in [9.17, 15) is 9.59 Å². The monoisotopic (exact) mass is 362 g/mol. The van der Waals surface area contributed by atoms with Crippen molar-refractivity contribution in [3.8, 4) is 0 Å². The van der Waals surface area contributed by atoms with Gasteiger partial charge in [0, 0.05) is 13.5 Å². The van der Waals surface area contributed by atoms with E-state index in [1.807, 2.05) is 25.1 Å². The van der Waals surface area contributed by atoms with Crippen LogP contribution in [-0.4, -0.2) is 26.6 Å². The predicted octanol–water partition coefficient (Wildman–Crippen LogP) is 3.26. The van der Waals surface area contributed by atoms with E-state index in [0.717, 1.165) is 29.2 Å². The number of imidazole rings is 1. The molecule has 136 valence electrons. The third-order valence-corrected chi connectivity index (χ3v) is 4.96.